The quantitative estimate of drug-likeness (QED) is 0.161. The molecule has 10 aromatic carbocycles. The lowest BCUT2D eigenvalue weighted by molar-refractivity contribution is 0.288. The van der Waals surface area contributed by atoms with Crippen LogP contribution in [0, 0.1) is 0 Å². The van der Waals surface area contributed by atoms with E-state index in [9.17, 15) is 0 Å². The Balaban J connectivity index is 0.844. The molecule has 1 heterocycles. The van der Waals surface area contributed by atoms with Crippen molar-refractivity contribution in [3.63, 3.8) is 0 Å². The van der Waals surface area contributed by atoms with E-state index >= 15 is 0 Å². The average molecular weight is 791 g/mol. The summed E-state index contributed by atoms with van der Waals surface area (Å²) in [4.78, 5) is 0. The van der Waals surface area contributed by atoms with Gasteiger partial charge in [-0.15, -0.1) is 0 Å². The summed E-state index contributed by atoms with van der Waals surface area (Å²) < 4.78 is 6.46. The molecule has 0 saturated heterocycles. The summed E-state index contributed by atoms with van der Waals surface area (Å²) in [6, 6.07) is 72.2. The molecule has 2 unspecified atom stereocenters. The third-order valence-electron chi connectivity index (χ3n) is 14.2. The molecular formula is C61H42O. The molecule has 1 nitrogen and oxygen atoms in total. The predicted octanol–water partition coefficient (Wildman–Crippen LogP) is 14.2. The summed E-state index contributed by atoms with van der Waals surface area (Å²) >= 11 is 0. The summed E-state index contributed by atoms with van der Waals surface area (Å²) in [6.45, 7) is 4.77. The van der Waals surface area contributed by atoms with E-state index in [1.54, 1.807) is 0 Å². The Morgan fingerprint density at radius 2 is 0.871 bits per heavy atom. The minimum atomic E-state index is -0.151. The van der Waals surface area contributed by atoms with E-state index in [2.05, 4.69) is 220 Å². The summed E-state index contributed by atoms with van der Waals surface area (Å²) in [5.41, 5.74) is 16.5. The van der Waals surface area contributed by atoms with Crippen LogP contribution in [0.4, 0.5) is 0 Å². The fraction of sp³-hybridized carbons (Fsp3) is 0.0820. The lowest BCUT2D eigenvalue weighted by Gasteiger charge is -2.23. The number of rotatable bonds is 4. The highest BCUT2D eigenvalue weighted by molar-refractivity contribution is 6.21. The second kappa shape index (κ2) is 13.3. The van der Waals surface area contributed by atoms with Gasteiger partial charge in [0.05, 0.1) is 0 Å². The first-order valence-electron chi connectivity index (χ1n) is 21.9. The zero-order chi connectivity index (χ0) is 41.1. The van der Waals surface area contributed by atoms with Crippen LogP contribution in [0.2, 0.25) is 0 Å². The number of hydrogen-bond acceptors (Lipinski definition) is 1. The van der Waals surface area contributed by atoms with E-state index in [0.29, 0.717) is 0 Å². The summed E-state index contributed by atoms with van der Waals surface area (Å²) in [7, 11) is 0. The van der Waals surface area contributed by atoms with Crippen LogP contribution in [0.3, 0.4) is 0 Å². The number of ether oxygens (including phenoxy) is 1. The molecule has 62 heavy (non-hydrogen) atoms. The molecule has 0 N–H and O–H groups in total. The summed E-state index contributed by atoms with van der Waals surface area (Å²) in [5.74, 6) is 1.22. The lowest BCUT2D eigenvalue weighted by Crippen LogP contribution is -2.34. The van der Waals surface area contributed by atoms with Gasteiger partial charge in [0, 0.05) is 16.9 Å². The molecule has 0 bridgehead atoms. The second-order valence-electron chi connectivity index (χ2n) is 17.9. The highest BCUT2D eigenvalue weighted by atomic mass is 16.5. The van der Waals surface area contributed by atoms with E-state index in [-0.39, 0.29) is 17.4 Å². The predicted molar refractivity (Wildman–Crippen MR) is 260 cm³/mol. The smallest absolute Gasteiger partial charge is 0.128 e. The molecule has 0 spiro atoms. The van der Waals surface area contributed by atoms with E-state index in [1.807, 2.05) is 0 Å². The zero-order valence-electron chi connectivity index (χ0n) is 34.7. The van der Waals surface area contributed by atoms with Crippen molar-refractivity contribution in [1.29, 1.82) is 0 Å². The third-order valence-corrected chi connectivity index (χ3v) is 14.2. The van der Waals surface area contributed by atoms with Gasteiger partial charge in [0.2, 0.25) is 0 Å². The molecule has 292 valence electrons. The van der Waals surface area contributed by atoms with E-state index < -0.39 is 0 Å². The van der Waals surface area contributed by atoms with Gasteiger partial charge in [-0.25, -0.2) is 0 Å². The molecule has 2 atom stereocenters. The Kier molecular flexibility index (Phi) is 7.55. The molecule has 0 fully saturated rings. The van der Waals surface area contributed by atoms with Crippen molar-refractivity contribution in [2.24, 2.45) is 0 Å². The normalized spacial score (nSPS) is 16.4. The van der Waals surface area contributed by atoms with E-state index in [1.165, 1.54) is 115 Å². The number of benzene rings is 10. The molecule has 10 aromatic rings. The van der Waals surface area contributed by atoms with Gasteiger partial charge >= 0.3 is 0 Å². The van der Waals surface area contributed by atoms with Crippen molar-refractivity contribution in [1.82, 2.24) is 0 Å². The van der Waals surface area contributed by atoms with Crippen molar-refractivity contribution in [2.75, 3.05) is 0 Å². The van der Waals surface area contributed by atoms with Crippen molar-refractivity contribution in [3.05, 3.63) is 221 Å². The Labute approximate surface area is 361 Å². The molecule has 0 saturated carbocycles. The Morgan fingerprint density at radius 1 is 0.387 bits per heavy atom. The molecule has 2 aliphatic carbocycles. The minimum Gasteiger partial charge on any atom is -0.485 e. The Morgan fingerprint density at radius 3 is 1.53 bits per heavy atom. The van der Waals surface area contributed by atoms with Crippen LogP contribution in [-0.4, -0.2) is 6.10 Å². The second-order valence-corrected chi connectivity index (χ2v) is 17.9. The van der Waals surface area contributed by atoms with Crippen molar-refractivity contribution in [3.8, 4) is 61.4 Å². The van der Waals surface area contributed by atoms with Crippen molar-refractivity contribution < 1.29 is 4.74 Å². The third kappa shape index (κ3) is 5.28. The Hall–Kier alpha value is -7.48. The highest BCUT2D eigenvalue weighted by Gasteiger charge is 2.37. The summed E-state index contributed by atoms with van der Waals surface area (Å²) in [6.07, 6.45) is 4.71. The molecule has 0 amide bonds. The maximum absolute atomic E-state index is 6.46. The molecule has 3 aliphatic rings. The topological polar surface area (TPSA) is 9.23 Å². The van der Waals surface area contributed by atoms with Crippen LogP contribution in [0.25, 0.3) is 100 Å². The number of fused-ring (bicyclic) bond motifs is 10. The highest BCUT2D eigenvalue weighted by Crippen LogP contribution is 2.52. The largest absolute Gasteiger partial charge is 0.485 e. The van der Waals surface area contributed by atoms with Crippen molar-refractivity contribution in [2.45, 2.75) is 31.3 Å². The van der Waals surface area contributed by atoms with Crippen LogP contribution in [0.1, 0.15) is 36.5 Å². The van der Waals surface area contributed by atoms with Gasteiger partial charge in [-0.1, -0.05) is 184 Å². The minimum absolute atomic E-state index is 0.0434. The van der Waals surface area contributed by atoms with Gasteiger partial charge in [-0.3, -0.25) is 0 Å². The van der Waals surface area contributed by atoms with Gasteiger partial charge in [0.1, 0.15) is 11.9 Å². The monoisotopic (exact) mass is 790 g/mol. The first-order valence-corrected chi connectivity index (χ1v) is 21.9. The Bertz CT molecular complexity index is 3590. The van der Waals surface area contributed by atoms with Crippen LogP contribution < -0.4 is 15.2 Å². The van der Waals surface area contributed by atoms with Gasteiger partial charge < -0.3 is 4.74 Å². The maximum Gasteiger partial charge on any atom is 0.128 e. The average Bonchev–Trinajstić information content (AvgIpc) is 3.79. The molecule has 1 aliphatic heterocycles. The number of hydrogen-bond donors (Lipinski definition) is 0. The van der Waals surface area contributed by atoms with Gasteiger partial charge in [0.25, 0.3) is 0 Å². The molecule has 13 rings (SSSR count). The van der Waals surface area contributed by atoms with Gasteiger partial charge in [0.15, 0.2) is 0 Å². The molecule has 0 aromatic heterocycles. The van der Waals surface area contributed by atoms with Crippen LogP contribution in [-0.2, 0) is 5.41 Å². The van der Waals surface area contributed by atoms with Crippen LogP contribution >= 0.6 is 0 Å². The first kappa shape index (κ1) is 35.3. The molecule has 1 heteroatoms. The lowest BCUT2D eigenvalue weighted by atomic mass is 9.80. The standard InChI is InChI=1S/C61H42O/c1-61(2)55-34-44(25-28-47(55)48-29-26-45(35-56(48)61)43-27-30-57-53(33-43)54-32-41-13-5-6-14-42(41)36-58(54)62-57)38-19-22-39(23-20-38)59-49-15-7-9-17-51(49)60(52-18-10-8-16-50(52)59)46-24-21-37-11-3-4-12-40(37)31-46/h3-36,54,58H,1-2H3. The van der Waals surface area contributed by atoms with E-state index in [0.717, 1.165) is 5.75 Å². The SMILES string of the molecule is CC1(C)c2cc(-c3ccc(-c4c5ccccc5c(-c5ccc6ccccc6c5)c5ccccc45)cc3)ccc2-c2ccc(-c3ccc4c(c3)C3C=c5ccccc5=CC3O4)cc21. The fourth-order valence-corrected chi connectivity index (χ4v) is 11.0. The van der Waals surface area contributed by atoms with E-state index in [4.69, 9.17) is 4.74 Å². The zero-order valence-corrected chi connectivity index (χ0v) is 34.7. The fourth-order valence-electron chi connectivity index (χ4n) is 11.0. The maximum atomic E-state index is 6.46. The first-order chi connectivity index (χ1) is 30.5. The van der Waals surface area contributed by atoms with Gasteiger partial charge in [-0.2, -0.15) is 0 Å². The van der Waals surface area contributed by atoms with Gasteiger partial charge in [-0.05, 0) is 146 Å². The van der Waals surface area contributed by atoms with Crippen LogP contribution in [0.5, 0.6) is 5.75 Å². The van der Waals surface area contributed by atoms with Crippen molar-refractivity contribution >= 4 is 44.5 Å². The summed E-state index contributed by atoms with van der Waals surface area (Å²) in [5, 5.41) is 10.1. The van der Waals surface area contributed by atoms with Crippen LogP contribution in [0.15, 0.2) is 194 Å². The molecule has 0 radical (unpaired) electrons. The molecular weight excluding hydrogens is 749 g/mol.